The number of aromatic nitrogens is 2. The molecule has 9 heteroatoms. The highest BCUT2D eigenvalue weighted by molar-refractivity contribution is 7.89. The van der Waals surface area contributed by atoms with Crippen molar-refractivity contribution in [1.82, 2.24) is 13.1 Å². The minimum atomic E-state index is -3.69. The van der Waals surface area contributed by atoms with Crippen molar-refractivity contribution < 1.29 is 18.3 Å². The molecule has 0 saturated carbocycles. The molecule has 1 N–H and O–H groups in total. The van der Waals surface area contributed by atoms with Crippen molar-refractivity contribution in [2.24, 2.45) is 0 Å². The van der Waals surface area contributed by atoms with Crippen LogP contribution in [0, 0.1) is 0 Å². The Kier molecular flexibility index (Phi) is 4.31. The van der Waals surface area contributed by atoms with Gasteiger partial charge in [0.1, 0.15) is 15.9 Å². The molecule has 0 saturated heterocycles. The Morgan fingerprint density at radius 2 is 2.15 bits per heavy atom. The maximum atomic E-state index is 12.4. The second kappa shape index (κ2) is 5.81. The molecule has 0 unspecified atom stereocenters. The van der Waals surface area contributed by atoms with Crippen LogP contribution in [0.25, 0.3) is 11.0 Å². The van der Waals surface area contributed by atoms with Gasteiger partial charge in [-0.25, -0.2) is 12.7 Å². The molecule has 1 aromatic heterocycles. The van der Waals surface area contributed by atoms with Gasteiger partial charge in [-0.1, -0.05) is 6.07 Å². The maximum absolute atomic E-state index is 12.4. The van der Waals surface area contributed by atoms with E-state index in [0.29, 0.717) is 11.0 Å². The van der Waals surface area contributed by atoms with Crippen LogP contribution in [-0.4, -0.2) is 46.1 Å². The summed E-state index contributed by atoms with van der Waals surface area (Å²) in [4.78, 5) is 10.6. The molecule has 1 heterocycles. The smallest absolute Gasteiger partial charge is 0.303 e. The first-order chi connectivity index (χ1) is 9.43. The van der Waals surface area contributed by atoms with Crippen LogP contribution in [0.1, 0.15) is 12.8 Å². The molecule has 0 spiro atoms. The normalized spacial score (nSPS) is 12.1. The molecule has 2 aromatic rings. The van der Waals surface area contributed by atoms with Crippen LogP contribution in [0.15, 0.2) is 23.1 Å². The predicted molar refractivity (Wildman–Crippen MR) is 74.1 cm³/mol. The second-order valence-corrected chi connectivity index (χ2v) is 6.75. The van der Waals surface area contributed by atoms with Crippen molar-refractivity contribution in [2.45, 2.75) is 17.7 Å². The highest BCUT2D eigenvalue weighted by Gasteiger charge is 2.24. The van der Waals surface area contributed by atoms with Gasteiger partial charge in [0, 0.05) is 20.0 Å². The fraction of sp³-hybridized carbons (Fsp3) is 0.364. The van der Waals surface area contributed by atoms with E-state index in [2.05, 4.69) is 8.75 Å². The fourth-order valence-corrected chi connectivity index (χ4v) is 3.69. The van der Waals surface area contributed by atoms with Crippen LogP contribution >= 0.6 is 11.7 Å². The SMILES string of the molecule is CN(CCCC(=O)O)S(=O)(=O)c1cccc2nsnc12. The summed E-state index contributed by atoms with van der Waals surface area (Å²) in [6, 6.07) is 4.79. The molecule has 1 aromatic carbocycles. The van der Waals surface area contributed by atoms with Crippen molar-refractivity contribution >= 4 is 38.8 Å². The van der Waals surface area contributed by atoms with Crippen LogP contribution in [-0.2, 0) is 14.8 Å². The molecular formula is C11H13N3O4S2. The van der Waals surface area contributed by atoms with Crippen molar-refractivity contribution in [3.05, 3.63) is 18.2 Å². The molecule has 0 aliphatic carbocycles. The van der Waals surface area contributed by atoms with E-state index in [1.165, 1.54) is 13.1 Å². The Bertz CT molecular complexity index is 726. The highest BCUT2D eigenvalue weighted by atomic mass is 32.2. The Hall–Kier alpha value is -1.58. The Balaban J connectivity index is 2.25. The van der Waals surface area contributed by atoms with Gasteiger partial charge in [0.25, 0.3) is 0 Å². The van der Waals surface area contributed by atoms with Gasteiger partial charge < -0.3 is 5.11 Å². The molecular weight excluding hydrogens is 302 g/mol. The van der Waals surface area contributed by atoms with Crippen molar-refractivity contribution in [1.29, 1.82) is 0 Å². The molecule has 108 valence electrons. The number of carbonyl (C=O) groups is 1. The molecule has 0 bridgehead atoms. The zero-order chi connectivity index (χ0) is 14.8. The van der Waals surface area contributed by atoms with Crippen molar-refractivity contribution in [2.75, 3.05) is 13.6 Å². The Morgan fingerprint density at radius 1 is 1.40 bits per heavy atom. The lowest BCUT2D eigenvalue weighted by atomic mass is 10.3. The van der Waals surface area contributed by atoms with Crippen molar-refractivity contribution in [3.8, 4) is 0 Å². The van der Waals surface area contributed by atoms with Gasteiger partial charge in [0.15, 0.2) is 0 Å². The van der Waals surface area contributed by atoms with Gasteiger partial charge in [-0.2, -0.15) is 8.75 Å². The van der Waals surface area contributed by atoms with Crippen LogP contribution < -0.4 is 0 Å². The van der Waals surface area contributed by atoms with E-state index >= 15 is 0 Å². The summed E-state index contributed by atoms with van der Waals surface area (Å²) in [6.07, 6.45) is 0.193. The van der Waals surface area contributed by atoms with E-state index in [1.54, 1.807) is 12.1 Å². The standard InChI is InChI=1S/C11H13N3O4S2/c1-14(7-3-6-10(15)16)20(17,18)9-5-2-4-8-11(9)13-19-12-8/h2,4-5H,3,6-7H2,1H3,(H,15,16). The number of rotatable bonds is 6. The third kappa shape index (κ3) is 2.94. The number of nitrogens with zero attached hydrogens (tertiary/aromatic N) is 3. The fourth-order valence-electron chi connectivity index (χ4n) is 1.73. The number of hydrogen-bond acceptors (Lipinski definition) is 6. The number of aliphatic carboxylic acids is 1. The van der Waals surface area contributed by atoms with E-state index in [0.717, 1.165) is 16.0 Å². The highest BCUT2D eigenvalue weighted by Crippen LogP contribution is 2.23. The Labute approximate surface area is 120 Å². The van der Waals surface area contributed by atoms with Gasteiger partial charge in [0.2, 0.25) is 10.0 Å². The zero-order valence-electron chi connectivity index (χ0n) is 10.7. The average molecular weight is 315 g/mol. The van der Waals surface area contributed by atoms with Crippen molar-refractivity contribution in [3.63, 3.8) is 0 Å². The van der Waals surface area contributed by atoms with Gasteiger partial charge in [-0.15, -0.1) is 0 Å². The third-order valence-corrected chi connectivity index (χ3v) is 5.23. The first-order valence-corrected chi connectivity index (χ1v) is 7.99. The van der Waals surface area contributed by atoms with E-state index < -0.39 is 16.0 Å². The lowest BCUT2D eigenvalue weighted by molar-refractivity contribution is -0.137. The lowest BCUT2D eigenvalue weighted by Crippen LogP contribution is -2.28. The van der Waals surface area contributed by atoms with Crippen LogP contribution in [0.3, 0.4) is 0 Å². The number of carboxylic acids is 1. The molecule has 0 radical (unpaired) electrons. The number of fused-ring (bicyclic) bond motifs is 1. The van der Waals surface area contributed by atoms with Gasteiger partial charge in [-0.05, 0) is 18.6 Å². The second-order valence-electron chi connectivity index (χ2n) is 4.21. The summed E-state index contributed by atoms with van der Waals surface area (Å²) in [5.74, 6) is -0.943. The van der Waals surface area contributed by atoms with Crippen LogP contribution in [0.4, 0.5) is 0 Å². The monoisotopic (exact) mass is 315 g/mol. The molecule has 7 nitrogen and oxygen atoms in total. The predicted octanol–water partition coefficient (Wildman–Crippen LogP) is 1.18. The van der Waals surface area contributed by atoms with Crippen LogP contribution in [0.2, 0.25) is 0 Å². The van der Waals surface area contributed by atoms with Gasteiger partial charge in [-0.3, -0.25) is 4.79 Å². The summed E-state index contributed by atoms with van der Waals surface area (Å²) in [5.41, 5.74) is 0.887. The topological polar surface area (TPSA) is 100 Å². The first-order valence-electron chi connectivity index (χ1n) is 5.82. The van der Waals surface area contributed by atoms with E-state index in [9.17, 15) is 13.2 Å². The summed E-state index contributed by atoms with van der Waals surface area (Å²) < 4.78 is 34.0. The molecule has 20 heavy (non-hydrogen) atoms. The van der Waals surface area contributed by atoms with E-state index in [1.807, 2.05) is 0 Å². The van der Waals surface area contributed by atoms with E-state index in [4.69, 9.17) is 5.11 Å². The maximum Gasteiger partial charge on any atom is 0.303 e. The molecule has 0 atom stereocenters. The summed E-state index contributed by atoms with van der Waals surface area (Å²) in [5, 5.41) is 8.57. The molecule has 0 fully saturated rings. The summed E-state index contributed by atoms with van der Waals surface area (Å²) in [6.45, 7) is 0.141. The lowest BCUT2D eigenvalue weighted by Gasteiger charge is -2.16. The third-order valence-electron chi connectivity index (χ3n) is 2.80. The number of sulfonamides is 1. The van der Waals surface area contributed by atoms with Gasteiger partial charge >= 0.3 is 5.97 Å². The minimum absolute atomic E-state index is 0.0671. The zero-order valence-corrected chi connectivity index (χ0v) is 12.3. The average Bonchev–Trinajstić information content (AvgIpc) is 2.85. The van der Waals surface area contributed by atoms with E-state index in [-0.39, 0.29) is 24.3 Å². The minimum Gasteiger partial charge on any atom is -0.481 e. The number of hydrogen-bond donors (Lipinski definition) is 1. The quantitative estimate of drug-likeness (QED) is 0.859. The molecule has 2 rings (SSSR count). The molecule has 0 aliphatic rings. The number of carboxylic acid groups (broad SMARTS) is 1. The summed E-state index contributed by atoms with van der Waals surface area (Å²) >= 11 is 0.956. The van der Waals surface area contributed by atoms with Crippen LogP contribution in [0.5, 0.6) is 0 Å². The Morgan fingerprint density at radius 3 is 2.85 bits per heavy atom. The van der Waals surface area contributed by atoms with Gasteiger partial charge in [0.05, 0.1) is 11.7 Å². The molecule has 0 amide bonds. The largest absolute Gasteiger partial charge is 0.481 e. The summed E-state index contributed by atoms with van der Waals surface area (Å²) in [7, 11) is -2.26. The molecule has 0 aliphatic heterocycles. The first kappa shape index (κ1) is 14.8. The number of benzene rings is 1.